The van der Waals surface area contributed by atoms with Gasteiger partial charge in [0.15, 0.2) is 0 Å². The van der Waals surface area contributed by atoms with Gasteiger partial charge in [0, 0.05) is 30.4 Å². The van der Waals surface area contributed by atoms with Gasteiger partial charge < -0.3 is 29.0 Å². The van der Waals surface area contributed by atoms with Crippen LogP contribution in [0.1, 0.15) is 94.4 Å². The summed E-state index contributed by atoms with van der Waals surface area (Å²) in [5.41, 5.74) is -0.736. The standard InChI is InChI=1S/C28H47BN4O6/c1-19(2)22(32-25(35)37-26(3,4)5)23(34)33-15-11-10-13-21(33)14-12-16-36-24-30-17-20(18-31-24)29-38-27(6,7)28(8,9)39-29/h17-19,21-22H,10-16H2,1-9H3,(H,32,35). The molecule has 10 nitrogen and oxygen atoms in total. The molecule has 0 radical (unpaired) electrons. The van der Waals surface area contributed by atoms with Crippen molar-refractivity contribution in [3.63, 3.8) is 0 Å². The van der Waals surface area contributed by atoms with Crippen LogP contribution in [0.5, 0.6) is 6.01 Å². The molecule has 1 aromatic rings. The van der Waals surface area contributed by atoms with Gasteiger partial charge in [-0.1, -0.05) is 13.8 Å². The number of nitrogens with one attached hydrogen (secondary N) is 1. The molecular weight excluding hydrogens is 499 g/mol. The summed E-state index contributed by atoms with van der Waals surface area (Å²) in [5, 5.41) is 2.80. The van der Waals surface area contributed by atoms with Crippen molar-refractivity contribution in [2.75, 3.05) is 13.2 Å². The summed E-state index contributed by atoms with van der Waals surface area (Å²) in [5.74, 6) is -0.115. The Morgan fingerprint density at radius 3 is 2.31 bits per heavy atom. The number of likely N-dealkylation sites (tertiary alicyclic amines) is 1. The van der Waals surface area contributed by atoms with Gasteiger partial charge in [-0.2, -0.15) is 0 Å². The zero-order chi connectivity index (χ0) is 29.0. The summed E-state index contributed by atoms with van der Waals surface area (Å²) in [6, 6.07) is -0.232. The minimum absolute atomic E-state index is 0.0527. The van der Waals surface area contributed by atoms with E-state index in [2.05, 4.69) is 15.3 Å². The number of nitrogens with zero attached hydrogens (tertiary/aromatic N) is 3. The molecule has 2 fully saturated rings. The van der Waals surface area contributed by atoms with E-state index >= 15 is 0 Å². The predicted octanol–water partition coefficient (Wildman–Crippen LogP) is 3.87. The number of carbonyl (C=O) groups excluding carboxylic acids is 2. The molecule has 0 spiro atoms. The van der Waals surface area contributed by atoms with Crippen molar-refractivity contribution < 1.29 is 28.4 Å². The third-order valence-corrected chi connectivity index (χ3v) is 7.60. The fourth-order valence-electron chi connectivity index (χ4n) is 4.70. The number of hydrogen-bond acceptors (Lipinski definition) is 8. The quantitative estimate of drug-likeness (QED) is 0.367. The summed E-state index contributed by atoms with van der Waals surface area (Å²) >= 11 is 0. The second kappa shape index (κ2) is 12.4. The fraction of sp³-hybridized carbons (Fsp3) is 0.786. The first-order chi connectivity index (χ1) is 18.1. The van der Waals surface area contributed by atoms with Crippen molar-refractivity contribution in [1.29, 1.82) is 0 Å². The minimum atomic E-state index is -0.632. The maximum Gasteiger partial charge on any atom is 0.498 e. The number of alkyl carbamates (subject to hydrolysis) is 1. The molecule has 39 heavy (non-hydrogen) atoms. The van der Waals surface area contributed by atoms with Crippen LogP contribution in [0.3, 0.4) is 0 Å². The normalized spacial score (nSPS) is 21.5. The SMILES string of the molecule is CC(C)C(NC(=O)OC(C)(C)C)C(=O)N1CCCCC1CCCOc1ncc(B2OC(C)(C)C(C)(C)O2)cn1. The molecule has 0 aliphatic carbocycles. The molecule has 1 aromatic heterocycles. The van der Waals surface area contributed by atoms with E-state index in [0.717, 1.165) is 37.6 Å². The van der Waals surface area contributed by atoms with Gasteiger partial charge >= 0.3 is 19.2 Å². The first-order valence-electron chi connectivity index (χ1n) is 14.2. The number of piperidine rings is 1. The van der Waals surface area contributed by atoms with Crippen LogP contribution in [0.2, 0.25) is 0 Å². The predicted molar refractivity (Wildman–Crippen MR) is 150 cm³/mol. The van der Waals surface area contributed by atoms with Gasteiger partial charge in [0.1, 0.15) is 11.6 Å². The molecule has 2 amide bonds. The molecule has 2 atom stereocenters. The summed E-state index contributed by atoms with van der Waals surface area (Å²) < 4.78 is 23.3. The van der Waals surface area contributed by atoms with Gasteiger partial charge in [0.2, 0.25) is 5.91 Å². The molecule has 0 bridgehead atoms. The minimum Gasteiger partial charge on any atom is -0.463 e. The highest BCUT2D eigenvalue weighted by atomic mass is 16.7. The van der Waals surface area contributed by atoms with Crippen molar-refractivity contribution in [1.82, 2.24) is 20.2 Å². The molecule has 2 aliphatic rings. The van der Waals surface area contributed by atoms with Crippen LogP contribution in [-0.4, -0.2) is 76.0 Å². The monoisotopic (exact) mass is 546 g/mol. The van der Waals surface area contributed by atoms with Gasteiger partial charge in [-0.25, -0.2) is 14.8 Å². The summed E-state index contributed by atoms with van der Waals surface area (Å²) in [7, 11) is -0.515. The largest absolute Gasteiger partial charge is 0.498 e. The van der Waals surface area contributed by atoms with Crippen LogP contribution in [-0.2, 0) is 18.8 Å². The van der Waals surface area contributed by atoms with Crippen LogP contribution < -0.4 is 15.5 Å². The molecule has 3 heterocycles. The number of amides is 2. The Hall–Kier alpha value is -2.40. The van der Waals surface area contributed by atoms with Crippen molar-refractivity contribution in [3.8, 4) is 6.01 Å². The van der Waals surface area contributed by atoms with E-state index in [1.54, 1.807) is 33.2 Å². The Morgan fingerprint density at radius 2 is 1.74 bits per heavy atom. The smallest absolute Gasteiger partial charge is 0.463 e. The average Bonchev–Trinajstić information content (AvgIpc) is 3.06. The highest BCUT2D eigenvalue weighted by Gasteiger charge is 2.52. The Kier molecular flexibility index (Phi) is 9.91. The summed E-state index contributed by atoms with van der Waals surface area (Å²) in [6.45, 7) is 18.4. The van der Waals surface area contributed by atoms with Crippen molar-refractivity contribution >= 4 is 24.6 Å². The Balaban J connectivity index is 1.51. The van der Waals surface area contributed by atoms with E-state index in [9.17, 15) is 9.59 Å². The topological polar surface area (TPSA) is 112 Å². The fourth-order valence-corrected chi connectivity index (χ4v) is 4.70. The Labute approximate surface area is 234 Å². The molecule has 11 heteroatoms. The molecular formula is C28H47BN4O6. The van der Waals surface area contributed by atoms with E-state index in [0.29, 0.717) is 19.2 Å². The van der Waals surface area contributed by atoms with Gasteiger partial charge in [-0.3, -0.25) is 4.79 Å². The van der Waals surface area contributed by atoms with E-state index in [-0.39, 0.29) is 17.9 Å². The summed E-state index contributed by atoms with van der Waals surface area (Å²) in [6.07, 6.45) is 7.30. The lowest BCUT2D eigenvalue weighted by Gasteiger charge is -2.39. The number of rotatable bonds is 9. The maximum absolute atomic E-state index is 13.5. The Morgan fingerprint density at radius 1 is 1.13 bits per heavy atom. The first kappa shape index (κ1) is 31.1. The van der Waals surface area contributed by atoms with Crippen molar-refractivity contribution in [2.45, 2.75) is 123 Å². The van der Waals surface area contributed by atoms with Gasteiger partial charge in [-0.15, -0.1) is 0 Å². The molecule has 1 N–H and O–H groups in total. The van der Waals surface area contributed by atoms with E-state index in [4.69, 9.17) is 18.8 Å². The van der Waals surface area contributed by atoms with E-state index in [1.807, 2.05) is 46.4 Å². The van der Waals surface area contributed by atoms with E-state index in [1.165, 1.54) is 0 Å². The highest BCUT2D eigenvalue weighted by Crippen LogP contribution is 2.36. The van der Waals surface area contributed by atoms with Gasteiger partial charge in [0.05, 0.1) is 17.8 Å². The molecule has 2 unspecified atom stereocenters. The highest BCUT2D eigenvalue weighted by molar-refractivity contribution is 6.61. The van der Waals surface area contributed by atoms with Gasteiger partial charge in [0.25, 0.3) is 0 Å². The lowest BCUT2D eigenvalue weighted by molar-refractivity contribution is -0.138. The molecule has 0 saturated carbocycles. The van der Waals surface area contributed by atoms with Crippen LogP contribution in [0.4, 0.5) is 4.79 Å². The molecule has 2 aliphatic heterocycles. The van der Waals surface area contributed by atoms with Crippen LogP contribution in [0.25, 0.3) is 0 Å². The van der Waals surface area contributed by atoms with Crippen LogP contribution >= 0.6 is 0 Å². The van der Waals surface area contributed by atoms with E-state index < -0.39 is 36.1 Å². The number of aromatic nitrogens is 2. The molecule has 3 rings (SSSR count). The van der Waals surface area contributed by atoms with Gasteiger partial charge in [-0.05, 0) is 86.5 Å². The molecule has 0 aromatic carbocycles. The lowest BCUT2D eigenvalue weighted by Crippen LogP contribution is -2.55. The zero-order valence-corrected chi connectivity index (χ0v) is 25.2. The second-order valence-corrected chi connectivity index (χ2v) is 12.9. The van der Waals surface area contributed by atoms with Crippen molar-refractivity contribution in [2.24, 2.45) is 5.92 Å². The number of ether oxygens (including phenoxy) is 2. The second-order valence-electron chi connectivity index (χ2n) is 12.9. The zero-order valence-electron chi connectivity index (χ0n) is 25.2. The average molecular weight is 547 g/mol. The van der Waals surface area contributed by atoms with Crippen LogP contribution in [0.15, 0.2) is 12.4 Å². The molecule has 2 saturated heterocycles. The summed E-state index contributed by atoms with van der Waals surface area (Å²) in [4.78, 5) is 36.5. The third-order valence-electron chi connectivity index (χ3n) is 7.60. The number of hydrogen-bond donors (Lipinski definition) is 1. The maximum atomic E-state index is 13.5. The first-order valence-corrected chi connectivity index (χ1v) is 14.2. The van der Waals surface area contributed by atoms with Crippen LogP contribution in [0, 0.1) is 5.92 Å². The third kappa shape index (κ3) is 8.30. The van der Waals surface area contributed by atoms with Crippen molar-refractivity contribution in [3.05, 3.63) is 12.4 Å². The Bertz CT molecular complexity index is 963. The molecule has 218 valence electrons. The lowest BCUT2D eigenvalue weighted by atomic mass is 9.81. The number of carbonyl (C=O) groups is 2.